The standard InChI is InChI=1S/C12H12N2O5S/c13-10-6-8(12(15)16)3-4-11(10)20(17,18)14-7-9-2-1-5-19-9/h1-6,14H,7,13H2,(H,15,16). The molecule has 1 aromatic carbocycles. The van der Waals surface area contributed by atoms with Crippen LogP contribution in [-0.4, -0.2) is 19.5 Å². The van der Waals surface area contributed by atoms with Gasteiger partial charge in [-0.15, -0.1) is 0 Å². The van der Waals surface area contributed by atoms with Crippen LogP contribution in [0.1, 0.15) is 16.1 Å². The number of nitrogen functional groups attached to an aromatic ring is 1. The zero-order valence-electron chi connectivity index (χ0n) is 10.2. The third-order valence-corrected chi connectivity index (χ3v) is 4.04. The maximum atomic E-state index is 12.0. The average molecular weight is 296 g/mol. The number of furan rings is 1. The monoisotopic (exact) mass is 296 g/mol. The topological polar surface area (TPSA) is 123 Å². The number of nitrogens with one attached hydrogen (secondary N) is 1. The number of hydrogen-bond donors (Lipinski definition) is 3. The van der Waals surface area contributed by atoms with Crippen molar-refractivity contribution in [1.29, 1.82) is 0 Å². The first kappa shape index (κ1) is 14.1. The van der Waals surface area contributed by atoms with E-state index in [1.807, 2.05) is 0 Å². The Kier molecular flexibility index (Phi) is 3.77. The molecule has 1 aromatic heterocycles. The molecule has 8 heteroatoms. The number of aromatic carboxylic acids is 1. The molecule has 0 bridgehead atoms. The van der Waals surface area contributed by atoms with Gasteiger partial charge in [-0.05, 0) is 30.3 Å². The van der Waals surface area contributed by atoms with Gasteiger partial charge < -0.3 is 15.3 Å². The van der Waals surface area contributed by atoms with Gasteiger partial charge in [0.05, 0.1) is 24.1 Å². The molecular weight excluding hydrogens is 284 g/mol. The highest BCUT2D eigenvalue weighted by Crippen LogP contribution is 2.20. The maximum Gasteiger partial charge on any atom is 0.335 e. The highest BCUT2D eigenvalue weighted by Gasteiger charge is 2.19. The van der Waals surface area contributed by atoms with Crippen LogP contribution < -0.4 is 10.5 Å². The van der Waals surface area contributed by atoms with Gasteiger partial charge in [0, 0.05) is 0 Å². The molecule has 2 rings (SSSR count). The van der Waals surface area contributed by atoms with Gasteiger partial charge in [0.1, 0.15) is 10.7 Å². The quantitative estimate of drug-likeness (QED) is 0.708. The molecule has 2 aromatic rings. The van der Waals surface area contributed by atoms with Crippen molar-refractivity contribution in [3.05, 3.63) is 47.9 Å². The van der Waals surface area contributed by atoms with E-state index in [4.69, 9.17) is 15.3 Å². The molecule has 20 heavy (non-hydrogen) atoms. The third-order valence-electron chi connectivity index (χ3n) is 2.56. The number of anilines is 1. The Morgan fingerprint density at radius 3 is 2.65 bits per heavy atom. The smallest absolute Gasteiger partial charge is 0.335 e. The Morgan fingerprint density at radius 1 is 1.35 bits per heavy atom. The average Bonchev–Trinajstić information content (AvgIpc) is 2.89. The van der Waals surface area contributed by atoms with Gasteiger partial charge in [-0.25, -0.2) is 17.9 Å². The van der Waals surface area contributed by atoms with E-state index in [1.165, 1.54) is 12.3 Å². The lowest BCUT2D eigenvalue weighted by molar-refractivity contribution is 0.0697. The van der Waals surface area contributed by atoms with E-state index in [9.17, 15) is 13.2 Å². The van der Waals surface area contributed by atoms with Crippen LogP contribution in [0.2, 0.25) is 0 Å². The summed E-state index contributed by atoms with van der Waals surface area (Å²) >= 11 is 0. The fourth-order valence-electron chi connectivity index (χ4n) is 1.58. The Labute approximate surface area is 115 Å². The second kappa shape index (κ2) is 5.35. The Balaban J connectivity index is 2.23. The third kappa shape index (κ3) is 2.98. The summed E-state index contributed by atoms with van der Waals surface area (Å²) in [6.45, 7) is -0.0184. The molecule has 0 spiro atoms. The van der Waals surface area contributed by atoms with Gasteiger partial charge in [0.2, 0.25) is 10.0 Å². The minimum Gasteiger partial charge on any atom is -0.478 e. The van der Waals surface area contributed by atoms with E-state index in [0.717, 1.165) is 12.1 Å². The largest absolute Gasteiger partial charge is 0.478 e. The molecule has 0 radical (unpaired) electrons. The van der Waals surface area contributed by atoms with Crippen LogP contribution in [0.4, 0.5) is 5.69 Å². The lowest BCUT2D eigenvalue weighted by Crippen LogP contribution is -2.24. The van der Waals surface area contributed by atoms with E-state index >= 15 is 0 Å². The van der Waals surface area contributed by atoms with Gasteiger partial charge in [0.25, 0.3) is 0 Å². The first-order chi connectivity index (χ1) is 9.40. The van der Waals surface area contributed by atoms with Crippen LogP contribution in [0.25, 0.3) is 0 Å². The van der Waals surface area contributed by atoms with Crippen molar-refractivity contribution in [2.75, 3.05) is 5.73 Å². The number of carboxylic acid groups (broad SMARTS) is 1. The maximum absolute atomic E-state index is 12.0. The molecule has 0 fully saturated rings. The summed E-state index contributed by atoms with van der Waals surface area (Å²) in [6, 6.07) is 6.70. The van der Waals surface area contributed by atoms with E-state index in [2.05, 4.69) is 4.72 Å². The van der Waals surface area contributed by atoms with Crippen molar-refractivity contribution in [3.8, 4) is 0 Å². The van der Waals surface area contributed by atoms with E-state index in [0.29, 0.717) is 5.76 Å². The first-order valence-electron chi connectivity index (χ1n) is 5.55. The fraction of sp³-hybridized carbons (Fsp3) is 0.0833. The summed E-state index contributed by atoms with van der Waals surface area (Å²) in [7, 11) is -3.84. The molecule has 4 N–H and O–H groups in total. The van der Waals surface area contributed by atoms with Crippen molar-refractivity contribution < 1.29 is 22.7 Å². The van der Waals surface area contributed by atoms with Gasteiger partial charge in [0.15, 0.2) is 0 Å². The lowest BCUT2D eigenvalue weighted by atomic mass is 10.2. The van der Waals surface area contributed by atoms with E-state index in [1.54, 1.807) is 12.1 Å². The minimum absolute atomic E-state index is 0.0184. The van der Waals surface area contributed by atoms with Crippen LogP contribution in [-0.2, 0) is 16.6 Å². The van der Waals surface area contributed by atoms with E-state index < -0.39 is 16.0 Å². The second-order valence-electron chi connectivity index (χ2n) is 3.96. The number of carboxylic acids is 1. The fourth-order valence-corrected chi connectivity index (χ4v) is 2.69. The molecule has 0 saturated carbocycles. The summed E-state index contributed by atoms with van der Waals surface area (Å²) in [5.41, 5.74) is 5.38. The predicted molar refractivity (Wildman–Crippen MR) is 70.5 cm³/mol. The number of benzene rings is 1. The van der Waals surface area contributed by atoms with Crippen molar-refractivity contribution in [1.82, 2.24) is 4.72 Å². The zero-order chi connectivity index (χ0) is 14.8. The summed E-state index contributed by atoms with van der Waals surface area (Å²) in [4.78, 5) is 10.6. The van der Waals surface area contributed by atoms with Crippen molar-refractivity contribution in [3.63, 3.8) is 0 Å². The molecule has 0 aliphatic rings. The van der Waals surface area contributed by atoms with Gasteiger partial charge >= 0.3 is 5.97 Å². The Morgan fingerprint density at radius 2 is 2.10 bits per heavy atom. The molecule has 0 atom stereocenters. The molecule has 0 saturated heterocycles. The summed E-state index contributed by atoms with van der Waals surface area (Å²) in [5, 5.41) is 8.80. The lowest BCUT2D eigenvalue weighted by Gasteiger charge is -2.08. The van der Waals surface area contributed by atoms with Gasteiger partial charge in [-0.1, -0.05) is 0 Å². The summed E-state index contributed by atoms with van der Waals surface area (Å²) < 4.78 is 31.4. The number of nitrogens with two attached hydrogens (primary N) is 1. The second-order valence-corrected chi connectivity index (χ2v) is 5.70. The van der Waals surface area contributed by atoms with Gasteiger partial charge in [-0.2, -0.15) is 0 Å². The summed E-state index contributed by atoms with van der Waals surface area (Å²) in [5.74, 6) is -0.724. The molecule has 0 amide bonds. The SMILES string of the molecule is Nc1cc(C(=O)O)ccc1S(=O)(=O)NCc1ccco1. The number of rotatable bonds is 5. The van der Waals surface area contributed by atoms with Crippen LogP contribution >= 0.6 is 0 Å². The highest BCUT2D eigenvalue weighted by atomic mass is 32.2. The van der Waals surface area contributed by atoms with Crippen molar-refractivity contribution in [2.45, 2.75) is 11.4 Å². The Bertz CT molecular complexity index is 722. The number of sulfonamides is 1. The first-order valence-corrected chi connectivity index (χ1v) is 7.03. The number of hydrogen-bond acceptors (Lipinski definition) is 5. The molecule has 1 heterocycles. The molecule has 0 unspecified atom stereocenters. The van der Waals surface area contributed by atoms with Crippen molar-refractivity contribution >= 4 is 21.7 Å². The van der Waals surface area contributed by atoms with E-state index in [-0.39, 0.29) is 22.7 Å². The van der Waals surface area contributed by atoms with Crippen LogP contribution in [0.15, 0.2) is 45.9 Å². The molecule has 0 aliphatic carbocycles. The van der Waals surface area contributed by atoms with Crippen LogP contribution in [0.5, 0.6) is 0 Å². The zero-order valence-corrected chi connectivity index (χ0v) is 11.1. The van der Waals surface area contributed by atoms with Crippen molar-refractivity contribution in [2.24, 2.45) is 0 Å². The molecule has 7 nitrogen and oxygen atoms in total. The van der Waals surface area contributed by atoms with Crippen LogP contribution in [0, 0.1) is 0 Å². The summed E-state index contributed by atoms with van der Waals surface area (Å²) in [6.07, 6.45) is 1.43. The Hall–Kier alpha value is -2.32. The molecule has 106 valence electrons. The predicted octanol–water partition coefficient (Wildman–Crippen LogP) is 1.04. The normalized spacial score (nSPS) is 11.4. The molecule has 0 aliphatic heterocycles. The minimum atomic E-state index is -3.84. The molecular formula is C12H12N2O5S. The van der Waals surface area contributed by atoms with Crippen LogP contribution in [0.3, 0.4) is 0 Å². The van der Waals surface area contributed by atoms with Gasteiger partial charge in [-0.3, -0.25) is 0 Å². The number of carbonyl (C=O) groups is 1. The highest BCUT2D eigenvalue weighted by molar-refractivity contribution is 7.89.